The van der Waals surface area contributed by atoms with Crippen LogP contribution in [0.25, 0.3) is 0 Å². The van der Waals surface area contributed by atoms with E-state index in [4.69, 9.17) is 11.6 Å². The quantitative estimate of drug-likeness (QED) is 0.740. The van der Waals surface area contributed by atoms with E-state index >= 15 is 0 Å². The molecule has 3 heteroatoms. The van der Waals surface area contributed by atoms with E-state index in [9.17, 15) is 4.79 Å². The molecule has 0 aromatic carbocycles. The normalized spacial score (nSPS) is 34.0. The average Bonchev–Trinajstić information content (AvgIpc) is 2.87. The van der Waals surface area contributed by atoms with Crippen molar-refractivity contribution in [1.29, 1.82) is 0 Å². The monoisotopic (exact) mass is 243 g/mol. The second-order valence-electron chi connectivity index (χ2n) is 5.45. The summed E-state index contributed by atoms with van der Waals surface area (Å²) in [6.45, 7) is 2.66. The van der Waals surface area contributed by atoms with Crippen molar-refractivity contribution < 1.29 is 4.79 Å². The Morgan fingerprint density at radius 2 is 2.25 bits per heavy atom. The number of alkyl halides is 1. The molecule has 0 heterocycles. The van der Waals surface area contributed by atoms with Gasteiger partial charge in [0.05, 0.1) is 5.38 Å². The van der Waals surface area contributed by atoms with Crippen molar-refractivity contribution >= 4 is 17.5 Å². The second kappa shape index (κ2) is 5.39. The van der Waals surface area contributed by atoms with Gasteiger partial charge >= 0.3 is 0 Å². The lowest BCUT2D eigenvalue weighted by molar-refractivity contribution is -0.122. The zero-order chi connectivity index (χ0) is 11.5. The minimum absolute atomic E-state index is 0.0870. The summed E-state index contributed by atoms with van der Waals surface area (Å²) < 4.78 is 0. The van der Waals surface area contributed by atoms with Crippen LogP contribution < -0.4 is 5.32 Å². The highest BCUT2D eigenvalue weighted by Crippen LogP contribution is 2.49. The van der Waals surface area contributed by atoms with Crippen LogP contribution in [-0.4, -0.2) is 17.8 Å². The highest BCUT2D eigenvalue weighted by molar-refractivity contribution is 6.20. The molecule has 2 bridgehead atoms. The summed E-state index contributed by atoms with van der Waals surface area (Å²) in [5, 5.41) is 3.04. The molecule has 2 rings (SSSR count). The van der Waals surface area contributed by atoms with Crippen LogP contribution >= 0.6 is 11.6 Å². The van der Waals surface area contributed by atoms with Crippen molar-refractivity contribution in [3.63, 3.8) is 0 Å². The Morgan fingerprint density at radius 3 is 2.81 bits per heavy atom. The summed E-state index contributed by atoms with van der Waals surface area (Å²) >= 11 is 5.97. The third-order valence-corrected chi connectivity index (χ3v) is 4.76. The lowest BCUT2D eigenvalue weighted by Crippen LogP contribution is -2.31. The van der Waals surface area contributed by atoms with Gasteiger partial charge in [-0.15, -0.1) is 11.6 Å². The first kappa shape index (κ1) is 12.2. The molecule has 2 aliphatic rings. The van der Waals surface area contributed by atoms with E-state index in [1.54, 1.807) is 0 Å². The molecule has 1 amide bonds. The maximum atomic E-state index is 11.7. The molecule has 2 saturated carbocycles. The van der Waals surface area contributed by atoms with Gasteiger partial charge in [-0.25, -0.2) is 0 Å². The maximum Gasteiger partial charge on any atom is 0.220 e. The van der Waals surface area contributed by atoms with Gasteiger partial charge in [-0.05, 0) is 43.4 Å². The van der Waals surface area contributed by atoms with Crippen LogP contribution in [0, 0.1) is 17.8 Å². The summed E-state index contributed by atoms with van der Waals surface area (Å²) in [4.78, 5) is 11.7. The van der Waals surface area contributed by atoms with Crippen LogP contribution in [-0.2, 0) is 4.79 Å². The maximum absolute atomic E-state index is 11.7. The molecule has 2 aliphatic carbocycles. The van der Waals surface area contributed by atoms with Crippen molar-refractivity contribution in [3.05, 3.63) is 0 Å². The zero-order valence-electron chi connectivity index (χ0n) is 10.0. The molecule has 2 nitrogen and oxygen atoms in total. The number of fused-ring (bicyclic) bond motifs is 2. The summed E-state index contributed by atoms with van der Waals surface area (Å²) in [6.07, 6.45) is 7.07. The molecular formula is C13H22ClNO. The van der Waals surface area contributed by atoms with Gasteiger partial charge in [-0.2, -0.15) is 0 Å². The Kier molecular flexibility index (Phi) is 4.12. The van der Waals surface area contributed by atoms with Crippen LogP contribution in [0.5, 0.6) is 0 Å². The van der Waals surface area contributed by atoms with Crippen LogP contribution in [0.1, 0.15) is 45.4 Å². The van der Waals surface area contributed by atoms with Gasteiger partial charge in [0.2, 0.25) is 5.91 Å². The standard InChI is InChI=1S/C13H22ClNO/c1-2-12(14)8-15-13(16)7-11-6-9-3-4-10(11)5-9/h9-12H,2-8H2,1H3,(H,15,16). The van der Waals surface area contributed by atoms with E-state index in [1.165, 1.54) is 25.7 Å². The van der Waals surface area contributed by atoms with Gasteiger partial charge in [0.1, 0.15) is 0 Å². The highest BCUT2D eigenvalue weighted by Gasteiger charge is 2.39. The third-order valence-electron chi connectivity index (χ3n) is 4.30. The summed E-state index contributed by atoms with van der Waals surface area (Å²) in [5.74, 6) is 2.64. The van der Waals surface area contributed by atoms with Crippen LogP contribution in [0.4, 0.5) is 0 Å². The zero-order valence-corrected chi connectivity index (χ0v) is 10.8. The molecular weight excluding hydrogens is 222 g/mol. The fourth-order valence-electron chi connectivity index (χ4n) is 3.31. The molecule has 0 spiro atoms. The highest BCUT2D eigenvalue weighted by atomic mass is 35.5. The molecule has 16 heavy (non-hydrogen) atoms. The second-order valence-corrected chi connectivity index (χ2v) is 6.07. The van der Waals surface area contributed by atoms with E-state index in [1.807, 2.05) is 6.92 Å². The smallest absolute Gasteiger partial charge is 0.220 e. The fraction of sp³-hybridized carbons (Fsp3) is 0.923. The predicted octanol–water partition coefficient (Wildman–Crippen LogP) is 2.95. The molecule has 2 fully saturated rings. The van der Waals surface area contributed by atoms with Crippen molar-refractivity contribution in [2.75, 3.05) is 6.54 Å². The number of halogens is 1. The number of hydrogen-bond acceptors (Lipinski definition) is 1. The lowest BCUT2D eigenvalue weighted by Gasteiger charge is -2.21. The van der Waals surface area contributed by atoms with Crippen molar-refractivity contribution in [3.8, 4) is 0 Å². The van der Waals surface area contributed by atoms with Gasteiger partial charge in [-0.3, -0.25) is 4.79 Å². The number of hydrogen-bond donors (Lipinski definition) is 1. The van der Waals surface area contributed by atoms with Gasteiger partial charge in [0.15, 0.2) is 0 Å². The summed E-state index contributed by atoms with van der Waals surface area (Å²) in [7, 11) is 0. The van der Waals surface area contributed by atoms with E-state index in [0.29, 0.717) is 12.5 Å². The number of carbonyl (C=O) groups is 1. The topological polar surface area (TPSA) is 29.1 Å². The predicted molar refractivity (Wildman–Crippen MR) is 66.5 cm³/mol. The summed E-state index contributed by atoms with van der Waals surface area (Å²) in [5.41, 5.74) is 0. The van der Waals surface area contributed by atoms with E-state index < -0.39 is 0 Å². The molecule has 92 valence electrons. The van der Waals surface area contributed by atoms with Gasteiger partial charge in [0.25, 0.3) is 0 Å². The largest absolute Gasteiger partial charge is 0.355 e. The number of carbonyl (C=O) groups excluding carboxylic acids is 1. The van der Waals surface area contributed by atoms with Crippen molar-refractivity contribution in [2.45, 2.75) is 50.8 Å². The van der Waals surface area contributed by atoms with E-state index in [-0.39, 0.29) is 11.3 Å². The lowest BCUT2D eigenvalue weighted by atomic mass is 9.86. The van der Waals surface area contributed by atoms with Gasteiger partial charge < -0.3 is 5.32 Å². The average molecular weight is 244 g/mol. The molecule has 0 aromatic heterocycles. The molecule has 4 unspecified atom stereocenters. The first-order valence-electron chi connectivity index (χ1n) is 6.59. The van der Waals surface area contributed by atoms with Crippen LogP contribution in [0.15, 0.2) is 0 Å². The Morgan fingerprint density at radius 1 is 1.44 bits per heavy atom. The first-order chi connectivity index (χ1) is 7.69. The first-order valence-corrected chi connectivity index (χ1v) is 7.03. The molecule has 4 atom stereocenters. The molecule has 1 N–H and O–H groups in total. The number of amides is 1. The van der Waals surface area contributed by atoms with E-state index in [2.05, 4.69) is 5.32 Å². The minimum atomic E-state index is 0.0870. The summed E-state index contributed by atoms with van der Waals surface area (Å²) in [6, 6.07) is 0. The Bertz CT molecular complexity index is 256. The van der Waals surface area contributed by atoms with E-state index in [0.717, 1.165) is 24.7 Å². The Labute approximate surface area is 103 Å². The SMILES string of the molecule is CCC(Cl)CNC(=O)CC1CC2CCC1C2. The molecule has 0 saturated heterocycles. The minimum Gasteiger partial charge on any atom is -0.355 e. The molecule has 0 aliphatic heterocycles. The fourth-order valence-corrected chi connectivity index (χ4v) is 3.38. The molecule has 0 aromatic rings. The third kappa shape index (κ3) is 2.91. The molecule has 0 radical (unpaired) electrons. The van der Waals surface area contributed by atoms with Crippen molar-refractivity contribution in [2.24, 2.45) is 17.8 Å². The van der Waals surface area contributed by atoms with Crippen LogP contribution in [0.2, 0.25) is 0 Å². The van der Waals surface area contributed by atoms with Gasteiger partial charge in [0, 0.05) is 13.0 Å². The van der Waals surface area contributed by atoms with Crippen LogP contribution in [0.3, 0.4) is 0 Å². The van der Waals surface area contributed by atoms with Gasteiger partial charge in [-0.1, -0.05) is 13.3 Å². The number of nitrogens with one attached hydrogen (secondary N) is 1. The van der Waals surface area contributed by atoms with Crippen molar-refractivity contribution in [1.82, 2.24) is 5.32 Å². The Balaban J connectivity index is 1.67. The number of rotatable bonds is 5. The Hall–Kier alpha value is -0.240.